The molecule has 3 heterocycles. The minimum absolute atomic E-state index is 0.141. The zero-order chi connectivity index (χ0) is 24.2. The molecule has 34 heavy (non-hydrogen) atoms. The summed E-state index contributed by atoms with van der Waals surface area (Å²) in [6.07, 6.45) is 4.35. The van der Waals surface area contributed by atoms with Crippen LogP contribution in [-0.2, 0) is 11.3 Å². The molecule has 0 unspecified atom stereocenters. The Morgan fingerprint density at radius 1 is 1.15 bits per heavy atom. The largest absolute Gasteiger partial charge is 0.497 e. The molecular weight excluding hydrogens is 450 g/mol. The van der Waals surface area contributed by atoms with Crippen molar-refractivity contribution in [1.82, 2.24) is 24.3 Å². The highest BCUT2D eigenvalue weighted by molar-refractivity contribution is 7.71. The van der Waals surface area contributed by atoms with Gasteiger partial charge >= 0.3 is 0 Å². The predicted octanol–water partition coefficient (Wildman–Crippen LogP) is 4.05. The summed E-state index contributed by atoms with van der Waals surface area (Å²) in [4.78, 5) is 36.7. The molecule has 184 valence electrons. The number of aromatic amines is 2. The van der Waals surface area contributed by atoms with Gasteiger partial charge in [0.2, 0.25) is 5.91 Å². The van der Waals surface area contributed by atoms with Gasteiger partial charge in [-0.1, -0.05) is 13.3 Å². The molecule has 0 bridgehead atoms. The standard InChI is InChI=1S/C25H35N5O3S/c1-4-7-17(2)28-12-14-29(15-13-28)21(31)8-5-6-11-30-24(32)23-22(27-25(30)34)19-16-18(33-3)9-10-20(19)26-23/h9-10,16-17,26H,4-8,11-15H2,1-3H3,(H,27,34)/t17-/m1/s1. The van der Waals surface area contributed by atoms with Crippen LogP contribution in [0.1, 0.15) is 46.0 Å². The number of ether oxygens (including phenoxy) is 1. The van der Waals surface area contributed by atoms with Gasteiger partial charge in [-0.2, -0.15) is 0 Å². The Morgan fingerprint density at radius 3 is 2.62 bits per heavy atom. The molecule has 3 aromatic rings. The van der Waals surface area contributed by atoms with Crippen molar-refractivity contribution in [3.05, 3.63) is 33.3 Å². The highest BCUT2D eigenvalue weighted by Crippen LogP contribution is 2.26. The van der Waals surface area contributed by atoms with Gasteiger partial charge in [0.15, 0.2) is 4.77 Å². The van der Waals surface area contributed by atoms with Crippen LogP contribution in [0.25, 0.3) is 21.9 Å². The van der Waals surface area contributed by atoms with E-state index in [1.807, 2.05) is 23.1 Å². The first-order valence-electron chi connectivity index (χ1n) is 12.3. The number of carbonyl (C=O) groups is 1. The minimum Gasteiger partial charge on any atom is -0.497 e. The first-order valence-corrected chi connectivity index (χ1v) is 12.7. The van der Waals surface area contributed by atoms with E-state index in [4.69, 9.17) is 17.0 Å². The molecule has 0 aliphatic carbocycles. The molecule has 4 rings (SSSR count). The maximum atomic E-state index is 13.1. The van der Waals surface area contributed by atoms with Crippen LogP contribution in [0, 0.1) is 4.77 Å². The van der Waals surface area contributed by atoms with E-state index in [0.29, 0.717) is 34.8 Å². The molecular formula is C25H35N5O3S. The van der Waals surface area contributed by atoms with Crippen molar-refractivity contribution >= 4 is 40.1 Å². The number of amides is 1. The molecule has 1 aliphatic heterocycles. The fraction of sp³-hybridized carbons (Fsp3) is 0.560. The van der Waals surface area contributed by atoms with Gasteiger partial charge in [0.1, 0.15) is 11.3 Å². The number of hydrogen-bond donors (Lipinski definition) is 2. The molecule has 1 atom stereocenters. The second-order valence-corrected chi connectivity index (χ2v) is 9.57. The number of methoxy groups -OCH3 is 1. The number of rotatable bonds is 9. The molecule has 1 aliphatic rings. The third-order valence-corrected chi connectivity index (χ3v) is 7.28. The number of hydrogen-bond acceptors (Lipinski definition) is 5. The number of aromatic nitrogens is 3. The van der Waals surface area contributed by atoms with Crippen molar-refractivity contribution in [3.63, 3.8) is 0 Å². The fourth-order valence-electron chi connectivity index (χ4n) is 4.91. The smallest absolute Gasteiger partial charge is 0.278 e. The van der Waals surface area contributed by atoms with E-state index in [9.17, 15) is 9.59 Å². The van der Waals surface area contributed by atoms with Gasteiger partial charge in [0, 0.05) is 56.1 Å². The van der Waals surface area contributed by atoms with Crippen LogP contribution >= 0.6 is 12.2 Å². The van der Waals surface area contributed by atoms with Gasteiger partial charge in [0.25, 0.3) is 5.56 Å². The van der Waals surface area contributed by atoms with E-state index in [0.717, 1.165) is 55.7 Å². The van der Waals surface area contributed by atoms with E-state index in [1.165, 1.54) is 12.8 Å². The van der Waals surface area contributed by atoms with Crippen molar-refractivity contribution < 1.29 is 9.53 Å². The van der Waals surface area contributed by atoms with E-state index in [-0.39, 0.29) is 11.5 Å². The molecule has 8 nitrogen and oxygen atoms in total. The van der Waals surface area contributed by atoms with Gasteiger partial charge in [-0.05, 0) is 56.6 Å². The molecule has 1 amide bonds. The summed E-state index contributed by atoms with van der Waals surface area (Å²) in [5, 5.41) is 0.875. The molecule has 1 fully saturated rings. The molecule has 1 aromatic carbocycles. The highest BCUT2D eigenvalue weighted by Gasteiger charge is 2.23. The predicted molar refractivity (Wildman–Crippen MR) is 138 cm³/mol. The van der Waals surface area contributed by atoms with E-state index in [2.05, 4.69) is 28.7 Å². The highest BCUT2D eigenvalue weighted by atomic mass is 32.1. The zero-order valence-electron chi connectivity index (χ0n) is 20.4. The molecule has 2 N–H and O–H groups in total. The summed E-state index contributed by atoms with van der Waals surface area (Å²) in [6.45, 7) is 8.49. The van der Waals surface area contributed by atoms with E-state index < -0.39 is 0 Å². The third-order valence-electron chi connectivity index (χ3n) is 6.96. The van der Waals surface area contributed by atoms with E-state index in [1.54, 1.807) is 11.7 Å². The monoisotopic (exact) mass is 485 g/mol. The second-order valence-electron chi connectivity index (χ2n) is 9.19. The van der Waals surface area contributed by atoms with Crippen LogP contribution in [0.15, 0.2) is 23.0 Å². The quantitative estimate of drug-likeness (QED) is 0.353. The number of nitrogens with one attached hydrogen (secondary N) is 2. The van der Waals surface area contributed by atoms with Gasteiger partial charge < -0.3 is 19.6 Å². The SMILES string of the molecule is CCC[C@@H](C)N1CCN(C(=O)CCCCn2c(=S)[nH]c3c([nH]c4ccc(OC)cc43)c2=O)CC1. The molecule has 1 saturated heterocycles. The summed E-state index contributed by atoms with van der Waals surface area (Å²) >= 11 is 5.49. The molecule has 0 saturated carbocycles. The maximum Gasteiger partial charge on any atom is 0.278 e. The Hall–Kier alpha value is -2.65. The number of unbranched alkanes of at least 4 members (excludes halogenated alkanes) is 1. The van der Waals surface area contributed by atoms with Crippen molar-refractivity contribution in [2.45, 2.75) is 58.5 Å². The van der Waals surface area contributed by atoms with Crippen molar-refractivity contribution in [3.8, 4) is 5.75 Å². The first-order chi connectivity index (χ1) is 16.4. The number of carbonyl (C=O) groups excluding carboxylic acids is 1. The number of nitrogens with zero attached hydrogens (tertiary/aromatic N) is 3. The van der Waals surface area contributed by atoms with Gasteiger partial charge in [-0.3, -0.25) is 19.1 Å². The summed E-state index contributed by atoms with van der Waals surface area (Å²) in [6, 6.07) is 6.22. The van der Waals surface area contributed by atoms with Gasteiger partial charge in [-0.25, -0.2) is 0 Å². The Bertz CT molecular complexity index is 1270. The van der Waals surface area contributed by atoms with Crippen molar-refractivity contribution in [2.24, 2.45) is 0 Å². The Morgan fingerprint density at radius 2 is 1.91 bits per heavy atom. The number of H-pyrrole nitrogens is 2. The third kappa shape index (κ3) is 5.05. The summed E-state index contributed by atoms with van der Waals surface area (Å²) in [5.74, 6) is 0.929. The summed E-state index contributed by atoms with van der Waals surface area (Å²) < 4.78 is 7.29. The molecule has 0 radical (unpaired) electrons. The lowest BCUT2D eigenvalue weighted by Crippen LogP contribution is -2.51. The lowest BCUT2D eigenvalue weighted by atomic mass is 10.1. The first kappa shape index (κ1) is 24.5. The molecule has 9 heteroatoms. The summed E-state index contributed by atoms with van der Waals surface area (Å²) in [7, 11) is 1.62. The Balaban J connectivity index is 1.34. The van der Waals surface area contributed by atoms with Crippen LogP contribution in [0.4, 0.5) is 0 Å². The number of piperazine rings is 1. The summed E-state index contributed by atoms with van der Waals surface area (Å²) in [5.41, 5.74) is 1.91. The van der Waals surface area contributed by atoms with Crippen molar-refractivity contribution in [2.75, 3.05) is 33.3 Å². The van der Waals surface area contributed by atoms with Gasteiger partial charge in [0.05, 0.1) is 12.6 Å². The Kier molecular flexibility index (Phi) is 7.73. The van der Waals surface area contributed by atoms with Crippen LogP contribution in [0.3, 0.4) is 0 Å². The maximum absolute atomic E-state index is 13.1. The normalized spacial score (nSPS) is 15.8. The van der Waals surface area contributed by atoms with Gasteiger partial charge in [-0.15, -0.1) is 0 Å². The molecule has 0 spiro atoms. The van der Waals surface area contributed by atoms with E-state index >= 15 is 0 Å². The topological polar surface area (TPSA) is 86.4 Å². The number of benzene rings is 1. The molecule has 2 aromatic heterocycles. The van der Waals surface area contributed by atoms with Crippen LogP contribution in [0.5, 0.6) is 5.75 Å². The van der Waals surface area contributed by atoms with Crippen LogP contribution < -0.4 is 10.3 Å². The Labute approximate surface area is 204 Å². The number of fused-ring (bicyclic) bond motifs is 3. The van der Waals surface area contributed by atoms with Crippen LogP contribution in [-0.4, -0.2) is 69.6 Å². The zero-order valence-corrected chi connectivity index (χ0v) is 21.2. The lowest BCUT2D eigenvalue weighted by Gasteiger charge is -2.38. The average Bonchev–Trinajstić information content (AvgIpc) is 3.21. The average molecular weight is 486 g/mol. The lowest BCUT2D eigenvalue weighted by molar-refractivity contribution is -0.133. The van der Waals surface area contributed by atoms with Crippen LogP contribution in [0.2, 0.25) is 0 Å². The second kappa shape index (κ2) is 10.7. The minimum atomic E-state index is -0.141. The fourth-order valence-corrected chi connectivity index (χ4v) is 5.19. The van der Waals surface area contributed by atoms with Crippen molar-refractivity contribution in [1.29, 1.82) is 0 Å².